The maximum absolute atomic E-state index is 12.6. The molecular formula is C13H9F3N2. The summed E-state index contributed by atoms with van der Waals surface area (Å²) in [6.07, 6.45) is -4.42. The summed E-state index contributed by atoms with van der Waals surface area (Å²) < 4.78 is 37.9. The molecule has 3 rings (SSSR count). The van der Waals surface area contributed by atoms with Crippen LogP contribution in [0.15, 0.2) is 30.3 Å². The minimum absolute atomic E-state index is 0.364. The molecule has 0 aliphatic heterocycles. The van der Waals surface area contributed by atoms with Gasteiger partial charge in [0.2, 0.25) is 0 Å². The lowest BCUT2D eigenvalue weighted by molar-refractivity contribution is -0.140. The van der Waals surface area contributed by atoms with Crippen molar-refractivity contribution in [1.82, 2.24) is 9.97 Å². The number of aryl methyl sites for hydroxylation is 1. The van der Waals surface area contributed by atoms with Crippen molar-refractivity contribution in [2.75, 3.05) is 0 Å². The van der Waals surface area contributed by atoms with E-state index in [1.807, 2.05) is 25.1 Å². The van der Waals surface area contributed by atoms with Crippen LogP contribution in [0.25, 0.3) is 21.9 Å². The Hall–Kier alpha value is -2.04. The molecule has 3 aromatic rings. The van der Waals surface area contributed by atoms with Crippen molar-refractivity contribution >= 4 is 21.9 Å². The molecular weight excluding hydrogens is 241 g/mol. The van der Waals surface area contributed by atoms with Crippen molar-refractivity contribution in [2.24, 2.45) is 0 Å². The molecule has 0 saturated carbocycles. The molecule has 0 bridgehead atoms. The molecule has 0 spiro atoms. The molecule has 2 nitrogen and oxygen atoms in total. The zero-order valence-corrected chi connectivity index (χ0v) is 9.47. The zero-order valence-electron chi connectivity index (χ0n) is 9.47. The third-order valence-electron chi connectivity index (χ3n) is 2.89. The summed E-state index contributed by atoms with van der Waals surface area (Å²) in [5, 5.41) is 0.719. The highest BCUT2D eigenvalue weighted by molar-refractivity contribution is 6.05. The first kappa shape index (κ1) is 11.1. The number of aromatic amines is 1. The summed E-state index contributed by atoms with van der Waals surface area (Å²) in [5.74, 6) is 0. The molecule has 1 aromatic carbocycles. The van der Waals surface area contributed by atoms with Crippen molar-refractivity contribution in [2.45, 2.75) is 13.1 Å². The van der Waals surface area contributed by atoms with Crippen LogP contribution in [0.3, 0.4) is 0 Å². The van der Waals surface area contributed by atoms with Gasteiger partial charge in [0.15, 0.2) is 0 Å². The molecule has 0 amide bonds. The second-order valence-electron chi connectivity index (χ2n) is 4.26. The quantitative estimate of drug-likeness (QED) is 0.640. The molecule has 92 valence electrons. The van der Waals surface area contributed by atoms with Crippen LogP contribution in [-0.4, -0.2) is 9.97 Å². The number of alkyl halides is 3. The smallest absolute Gasteiger partial charge is 0.353 e. The fourth-order valence-electron chi connectivity index (χ4n) is 2.03. The van der Waals surface area contributed by atoms with Gasteiger partial charge in [0.1, 0.15) is 5.69 Å². The van der Waals surface area contributed by atoms with Gasteiger partial charge in [0.25, 0.3) is 0 Å². The van der Waals surface area contributed by atoms with Crippen molar-refractivity contribution in [3.8, 4) is 0 Å². The minimum atomic E-state index is -4.42. The van der Waals surface area contributed by atoms with Crippen LogP contribution >= 0.6 is 0 Å². The Balaban J connectivity index is 2.38. The number of hydrogen-bond donors (Lipinski definition) is 1. The fourth-order valence-corrected chi connectivity index (χ4v) is 2.03. The molecule has 0 fully saturated rings. The van der Waals surface area contributed by atoms with E-state index < -0.39 is 11.9 Å². The molecule has 2 heterocycles. The fraction of sp³-hybridized carbons (Fsp3) is 0.154. The number of benzene rings is 1. The lowest BCUT2D eigenvalue weighted by Gasteiger charge is -2.04. The minimum Gasteiger partial charge on any atom is -0.353 e. The Kier molecular flexibility index (Phi) is 2.14. The van der Waals surface area contributed by atoms with Crippen LogP contribution in [0.5, 0.6) is 0 Å². The number of hydrogen-bond acceptors (Lipinski definition) is 1. The van der Waals surface area contributed by atoms with Gasteiger partial charge in [-0.1, -0.05) is 11.6 Å². The zero-order chi connectivity index (χ0) is 12.9. The van der Waals surface area contributed by atoms with Crippen molar-refractivity contribution in [3.05, 3.63) is 41.6 Å². The van der Waals surface area contributed by atoms with Gasteiger partial charge in [0.05, 0.1) is 11.0 Å². The van der Waals surface area contributed by atoms with E-state index in [2.05, 4.69) is 9.97 Å². The van der Waals surface area contributed by atoms with Crippen molar-refractivity contribution in [3.63, 3.8) is 0 Å². The highest BCUT2D eigenvalue weighted by Gasteiger charge is 2.32. The molecule has 5 heteroatoms. The molecule has 0 saturated heterocycles. The Morgan fingerprint density at radius 3 is 2.50 bits per heavy atom. The normalized spacial score (nSPS) is 12.4. The molecule has 0 aliphatic rings. The van der Waals surface area contributed by atoms with E-state index in [1.54, 1.807) is 0 Å². The Morgan fingerprint density at radius 1 is 1.06 bits per heavy atom. The number of pyridine rings is 1. The predicted molar refractivity (Wildman–Crippen MR) is 63.3 cm³/mol. The topological polar surface area (TPSA) is 28.7 Å². The monoisotopic (exact) mass is 250 g/mol. The van der Waals surface area contributed by atoms with Gasteiger partial charge >= 0.3 is 6.18 Å². The third kappa shape index (κ3) is 1.63. The molecule has 1 N–H and O–H groups in total. The molecule has 0 aliphatic carbocycles. The molecule has 18 heavy (non-hydrogen) atoms. The Labute approximate surface area is 100 Å². The first-order valence-corrected chi connectivity index (χ1v) is 5.41. The lowest BCUT2D eigenvalue weighted by atomic mass is 10.1. The first-order chi connectivity index (χ1) is 8.45. The Bertz CT molecular complexity index is 741. The summed E-state index contributed by atoms with van der Waals surface area (Å²) >= 11 is 0. The van der Waals surface area contributed by atoms with E-state index in [9.17, 15) is 13.2 Å². The van der Waals surface area contributed by atoms with Gasteiger partial charge in [-0.15, -0.1) is 0 Å². The number of nitrogens with one attached hydrogen (secondary N) is 1. The van der Waals surface area contributed by atoms with Crippen LogP contribution < -0.4 is 0 Å². The summed E-state index contributed by atoms with van der Waals surface area (Å²) in [7, 11) is 0. The van der Waals surface area contributed by atoms with Crippen molar-refractivity contribution < 1.29 is 13.2 Å². The maximum atomic E-state index is 12.6. The molecule has 0 unspecified atom stereocenters. The van der Waals surface area contributed by atoms with E-state index in [0.29, 0.717) is 11.0 Å². The standard InChI is InChI=1S/C13H9F3N2/c1-7-2-3-9-8(6-7)12-10(17-9)4-5-11(18-12)13(14,15)16/h2-6,17H,1H3. The van der Waals surface area contributed by atoms with E-state index in [4.69, 9.17) is 0 Å². The summed E-state index contributed by atoms with van der Waals surface area (Å²) in [6.45, 7) is 1.89. The van der Waals surface area contributed by atoms with Gasteiger partial charge in [-0.2, -0.15) is 13.2 Å². The summed E-state index contributed by atoms with van der Waals surface area (Å²) in [4.78, 5) is 6.77. The number of H-pyrrole nitrogens is 1. The highest BCUT2D eigenvalue weighted by Crippen LogP contribution is 2.31. The van der Waals surface area contributed by atoms with E-state index >= 15 is 0 Å². The lowest BCUT2D eigenvalue weighted by Crippen LogP contribution is -2.07. The number of halogens is 3. The second-order valence-corrected chi connectivity index (χ2v) is 4.26. The summed E-state index contributed by atoms with van der Waals surface area (Å²) in [5.41, 5.74) is 1.90. The van der Waals surface area contributed by atoms with E-state index in [1.165, 1.54) is 6.07 Å². The number of aromatic nitrogens is 2. The van der Waals surface area contributed by atoms with Gasteiger partial charge in [0, 0.05) is 10.9 Å². The van der Waals surface area contributed by atoms with Gasteiger partial charge in [-0.05, 0) is 31.2 Å². The second kappa shape index (κ2) is 3.48. The van der Waals surface area contributed by atoms with Gasteiger partial charge in [-0.3, -0.25) is 0 Å². The number of nitrogens with zero attached hydrogens (tertiary/aromatic N) is 1. The van der Waals surface area contributed by atoms with Crippen LogP contribution in [0.2, 0.25) is 0 Å². The van der Waals surface area contributed by atoms with Gasteiger partial charge in [-0.25, -0.2) is 4.98 Å². The highest BCUT2D eigenvalue weighted by atomic mass is 19.4. The van der Waals surface area contributed by atoms with Crippen LogP contribution in [0.1, 0.15) is 11.3 Å². The molecule has 2 aromatic heterocycles. The van der Waals surface area contributed by atoms with E-state index in [0.717, 1.165) is 22.5 Å². The third-order valence-corrected chi connectivity index (χ3v) is 2.89. The summed E-state index contributed by atoms with van der Waals surface area (Å²) in [6, 6.07) is 7.99. The van der Waals surface area contributed by atoms with Gasteiger partial charge < -0.3 is 4.98 Å². The largest absolute Gasteiger partial charge is 0.433 e. The Morgan fingerprint density at radius 2 is 1.78 bits per heavy atom. The molecule has 0 radical (unpaired) electrons. The van der Waals surface area contributed by atoms with Crippen LogP contribution in [0.4, 0.5) is 13.2 Å². The van der Waals surface area contributed by atoms with Crippen molar-refractivity contribution in [1.29, 1.82) is 0 Å². The molecule has 0 atom stereocenters. The maximum Gasteiger partial charge on any atom is 0.433 e. The van der Waals surface area contributed by atoms with Crippen LogP contribution in [0, 0.1) is 6.92 Å². The van der Waals surface area contributed by atoms with Crippen LogP contribution in [-0.2, 0) is 6.18 Å². The number of rotatable bonds is 0. The average molecular weight is 250 g/mol. The average Bonchev–Trinajstić information content (AvgIpc) is 2.65. The number of fused-ring (bicyclic) bond motifs is 3. The SMILES string of the molecule is Cc1ccc2[nH]c3ccc(C(F)(F)F)nc3c2c1. The van der Waals surface area contributed by atoms with E-state index in [-0.39, 0.29) is 0 Å². The predicted octanol–water partition coefficient (Wildman–Crippen LogP) is 4.04. The first-order valence-electron chi connectivity index (χ1n) is 5.41.